The molecule has 4 rings (SSSR count). The van der Waals surface area contributed by atoms with Crippen molar-refractivity contribution in [1.29, 1.82) is 0 Å². The van der Waals surface area contributed by atoms with Gasteiger partial charge in [-0.1, -0.05) is 6.42 Å². The van der Waals surface area contributed by atoms with Gasteiger partial charge in [0.05, 0.1) is 10.8 Å². The van der Waals surface area contributed by atoms with E-state index in [0.717, 1.165) is 6.42 Å². The normalized spacial score (nSPS) is 15.8. The maximum Gasteiger partial charge on any atom is 0.196 e. The molecule has 1 fully saturated rings. The van der Waals surface area contributed by atoms with Crippen molar-refractivity contribution >= 4 is 20.7 Å². The largest absolute Gasteiger partial charge is 0.343 e. The predicted molar refractivity (Wildman–Crippen MR) is 87.8 cm³/mol. The van der Waals surface area contributed by atoms with Crippen LogP contribution in [0.3, 0.4) is 0 Å². The molecule has 0 atom stereocenters. The summed E-state index contributed by atoms with van der Waals surface area (Å²) >= 11 is 0. The second-order valence-electron chi connectivity index (χ2n) is 6.31. The van der Waals surface area contributed by atoms with Gasteiger partial charge < -0.3 is 4.98 Å². The van der Waals surface area contributed by atoms with Crippen LogP contribution in [-0.2, 0) is 16.9 Å². The van der Waals surface area contributed by atoms with E-state index in [1.807, 2.05) is 0 Å². The summed E-state index contributed by atoms with van der Waals surface area (Å²) in [4.78, 5) is 7.00. The van der Waals surface area contributed by atoms with Gasteiger partial charge in [0.2, 0.25) is 0 Å². The maximum absolute atomic E-state index is 14.4. The number of aromatic amines is 1. The molecule has 1 saturated carbocycles. The Bertz CT molecular complexity index is 1050. The zero-order valence-electron chi connectivity index (χ0n) is 13.4. The Morgan fingerprint density at radius 3 is 2.67 bits per heavy atom. The number of sulfone groups is 1. The lowest BCUT2D eigenvalue weighted by Gasteiger charge is -2.24. The second kappa shape index (κ2) is 5.14. The second-order valence-corrected chi connectivity index (χ2v) is 8.51. The van der Waals surface area contributed by atoms with Gasteiger partial charge in [-0.3, -0.25) is 4.68 Å². The lowest BCUT2D eigenvalue weighted by molar-refractivity contribution is 0.475. The van der Waals surface area contributed by atoms with Gasteiger partial charge in [-0.25, -0.2) is 17.8 Å². The molecule has 1 aromatic carbocycles. The van der Waals surface area contributed by atoms with Crippen LogP contribution >= 0.6 is 0 Å². The summed E-state index contributed by atoms with van der Waals surface area (Å²) in [6, 6.07) is 2.90. The summed E-state index contributed by atoms with van der Waals surface area (Å²) in [6.45, 7) is 1.77. The van der Waals surface area contributed by atoms with Gasteiger partial charge in [0.1, 0.15) is 17.2 Å². The molecule has 6 nitrogen and oxygen atoms in total. The Balaban J connectivity index is 1.97. The van der Waals surface area contributed by atoms with E-state index >= 15 is 0 Å². The van der Waals surface area contributed by atoms with Gasteiger partial charge in [-0.2, -0.15) is 5.10 Å². The third-order valence-corrected chi connectivity index (χ3v) is 6.84. The highest BCUT2D eigenvalue weighted by Crippen LogP contribution is 2.36. The standard InChI is InChI=1S/C16H17FN4O2S/c1-9-6-12(17)15-11(14(9)16-18-8-21(2)20-16)7-13(19-15)24(22,23)10-4-3-5-10/h6-8,10,19H,3-5H2,1-2H3. The van der Waals surface area contributed by atoms with E-state index in [-0.39, 0.29) is 15.8 Å². The van der Waals surface area contributed by atoms with Crippen molar-refractivity contribution in [2.75, 3.05) is 0 Å². The number of nitrogens with one attached hydrogen (secondary N) is 1. The molecule has 0 amide bonds. The first-order valence-corrected chi connectivity index (χ1v) is 9.34. The highest BCUT2D eigenvalue weighted by molar-refractivity contribution is 7.92. The fourth-order valence-corrected chi connectivity index (χ4v) is 4.97. The van der Waals surface area contributed by atoms with Crippen molar-refractivity contribution in [2.45, 2.75) is 36.5 Å². The van der Waals surface area contributed by atoms with Crippen molar-refractivity contribution in [3.8, 4) is 11.4 Å². The molecule has 8 heteroatoms. The number of benzene rings is 1. The average molecular weight is 348 g/mol. The SMILES string of the molecule is Cc1cc(F)c2[nH]c(S(=O)(=O)C3CCC3)cc2c1-c1ncn(C)n1. The van der Waals surface area contributed by atoms with Gasteiger partial charge in [-0.05, 0) is 37.5 Å². The number of hydrogen-bond donors (Lipinski definition) is 1. The molecular weight excluding hydrogens is 331 g/mol. The van der Waals surface area contributed by atoms with E-state index in [1.165, 1.54) is 12.1 Å². The number of H-pyrrole nitrogens is 1. The fraction of sp³-hybridized carbons (Fsp3) is 0.375. The molecule has 3 aromatic rings. The highest BCUT2D eigenvalue weighted by Gasteiger charge is 2.34. The average Bonchev–Trinajstić information content (AvgIpc) is 3.04. The molecule has 2 aromatic heterocycles. The van der Waals surface area contributed by atoms with Gasteiger partial charge in [-0.15, -0.1) is 0 Å². The molecule has 0 bridgehead atoms. The van der Waals surface area contributed by atoms with Gasteiger partial charge in [0.25, 0.3) is 0 Å². The van der Waals surface area contributed by atoms with Crippen LogP contribution in [0, 0.1) is 12.7 Å². The minimum Gasteiger partial charge on any atom is -0.343 e. The molecule has 1 N–H and O–H groups in total. The molecule has 1 aliphatic rings. The number of fused-ring (bicyclic) bond motifs is 1. The number of aromatic nitrogens is 4. The highest BCUT2D eigenvalue weighted by atomic mass is 32.2. The van der Waals surface area contributed by atoms with Crippen LogP contribution in [0.1, 0.15) is 24.8 Å². The molecule has 0 radical (unpaired) electrons. The Kier molecular flexibility index (Phi) is 3.28. The summed E-state index contributed by atoms with van der Waals surface area (Å²) in [6.07, 6.45) is 3.80. The van der Waals surface area contributed by atoms with Crippen molar-refractivity contribution < 1.29 is 12.8 Å². The lowest BCUT2D eigenvalue weighted by Crippen LogP contribution is -2.28. The van der Waals surface area contributed by atoms with Crippen LogP contribution in [0.5, 0.6) is 0 Å². The van der Waals surface area contributed by atoms with E-state index in [1.54, 1.807) is 25.0 Å². The van der Waals surface area contributed by atoms with E-state index in [2.05, 4.69) is 15.1 Å². The molecule has 0 aliphatic heterocycles. The number of aryl methyl sites for hydroxylation is 2. The van der Waals surface area contributed by atoms with Gasteiger partial charge >= 0.3 is 0 Å². The van der Waals surface area contributed by atoms with Crippen LogP contribution in [0.25, 0.3) is 22.3 Å². The Morgan fingerprint density at radius 1 is 1.33 bits per heavy atom. The molecule has 1 aliphatic carbocycles. The van der Waals surface area contributed by atoms with Crippen molar-refractivity contribution in [2.24, 2.45) is 7.05 Å². The maximum atomic E-state index is 14.4. The van der Waals surface area contributed by atoms with Gasteiger partial charge in [0, 0.05) is 18.0 Å². The lowest BCUT2D eigenvalue weighted by atomic mass is 10.0. The number of nitrogens with zero attached hydrogens (tertiary/aromatic N) is 3. The van der Waals surface area contributed by atoms with Crippen molar-refractivity contribution in [3.63, 3.8) is 0 Å². The van der Waals surface area contributed by atoms with E-state index in [9.17, 15) is 12.8 Å². The Morgan fingerprint density at radius 2 is 2.08 bits per heavy atom. The summed E-state index contributed by atoms with van der Waals surface area (Å²) < 4.78 is 41.2. The quantitative estimate of drug-likeness (QED) is 0.789. The number of halogens is 1. The molecule has 0 unspecified atom stereocenters. The number of rotatable bonds is 3. The minimum absolute atomic E-state index is 0.0730. The van der Waals surface area contributed by atoms with E-state index in [0.29, 0.717) is 35.2 Å². The topological polar surface area (TPSA) is 80.6 Å². The zero-order chi connectivity index (χ0) is 17.1. The van der Waals surface area contributed by atoms with E-state index < -0.39 is 15.7 Å². The van der Waals surface area contributed by atoms with Crippen LogP contribution in [0.2, 0.25) is 0 Å². The molecule has 126 valence electrons. The van der Waals surface area contributed by atoms with Crippen molar-refractivity contribution in [1.82, 2.24) is 19.7 Å². The van der Waals surface area contributed by atoms with Crippen LogP contribution in [-0.4, -0.2) is 33.4 Å². The molecule has 2 heterocycles. The van der Waals surface area contributed by atoms with Crippen LogP contribution in [0.4, 0.5) is 4.39 Å². The zero-order valence-corrected chi connectivity index (χ0v) is 14.2. The molecular formula is C16H17FN4O2S. The van der Waals surface area contributed by atoms with Crippen LogP contribution in [0.15, 0.2) is 23.5 Å². The monoisotopic (exact) mass is 348 g/mol. The van der Waals surface area contributed by atoms with Gasteiger partial charge in [0.15, 0.2) is 15.7 Å². The Labute approximate surface area is 138 Å². The first-order valence-electron chi connectivity index (χ1n) is 7.79. The Hall–Kier alpha value is -2.22. The fourth-order valence-electron chi connectivity index (χ4n) is 3.13. The summed E-state index contributed by atoms with van der Waals surface area (Å²) in [5, 5.41) is 4.48. The third kappa shape index (κ3) is 2.16. The molecule has 0 spiro atoms. The molecule has 24 heavy (non-hydrogen) atoms. The van der Waals surface area contributed by atoms with E-state index in [4.69, 9.17) is 0 Å². The summed E-state index contributed by atoms with van der Waals surface area (Å²) in [5.41, 5.74) is 1.50. The smallest absolute Gasteiger partial charge is 0.196 e. The molecule has 0 saturated heterocycles. The van der Waals surface area contributed by atoms with Crippen LogP contribution < -0.4 is 0 Å². The predicted octanol–water partition coefficient (Wildman–Crippen LogP) is 2.74. The van der Waals surface area contributed by atoms with Crippen molar-refractivity contribution in [3.05, 3.63) is 29.8 Å². The number of hydrogen-bond acceptors (Lipinski definition) is 4. The minimum atomic E-state index is -3.46. The first-order chi connectivity index (χ1) is 11.4. The summed E-state index contributed by atoms with van der Waals surface area (Å²) in [7, 11) is -1.71. The first kappa shape index (κ1) is 15.3. The summed E-state index contributed by atoms with van der Waals surface area (Å²) in [5.74, 6) is -0.0242. The third-order valence-electron chi connectivity index (χ3n) is 4.66.